The van der Waals surface area contributed by atoms with E-state index in [9.17, 15) is 19.5 Å². The van der Waals surface area contributed by atoms with Crippen LogP contribution >= 0.6 is 11.6 Å². The lowest BCUT2D eigenvalue weighted by atomic mass is 9.93. The van der Waals surface area contributed by atoms with Crippen molar-refractivity contribution in [3.63, 3.8) is 0 Å². The lowest BCUT2D eigenvalue weighted by molar-refractivity contribution is -0.389. The fourth-order valence-corrected chi connectivity index (χ4v) is 10.7. The first kappa shape index (κ1) is 68.9. The molecule has 6 aromatic carbocycles. The third-order valence-electron chi connectivity index (χ3n) is 15.5. The van der Waals surface area contributed by atoms with E-state index in [1.807, 2.05) is 182 Å². The Balaban J connectivity index is 1.18. The molecule has 3 aliphatic heterocycles. The van der Waals surface area contributed by atoms with Crippen molar-refractivity contribution in [3.8, 4) is 0 Å². The molecule has 3 heterocycles. The van der Waals surface area contributed by atoms with Gasteiger partial charge in [-0.15, -0.1) is 11.6 Å². The summed E-state index contributed by atoms with van der Waals surface area (Å²) >= 11 is 6.04. The van der Waals surface area contributed by atoms with Gasteiger partial charge in [0.05, 0.1) is 69.8 Å². The summed E-state index contributed by atoms with van der Waals surface area (Å²) in [5.41, 5.74) is 2.83. The minimum Gasteiger partial charge on any atom is -0.455 e. The molecule has 3 fully saturated rings. The Hall–Kier alpha value is -6.46. The molecule has 3 saturated heterocycles. The molecule has 488 valence electrons. The Labute approximate surface area is 538 Å². The Kier molecular flexibility index (Phi) is 25.3. The molecule has 15 atom stereocenters. The molecular formula is C72H85ClO18. The third kappa shape index (κ3) is 19.8. The monoisotopic (exact) mass is 1270 g/mol. The molecule has 9 rings (SSSR count). The summed E-state index contributed by atoms with van der Waals surface area (Å²) in [4.78, 5) is 41.6. The molecule has 0 aromatic heterocycles. The van der Waals surface area contributed by atoms with Gasteiger partial charge in [-0.25, -0.2) is 0 Å². The summed E-state index contributed by atoms with van der Waals surface area (Å²) in [6, 6.07) is 57.5. The normalized spacial score (nSPS) is 26.9. The van der Waals surface area contributed by atoms with E-state index < -0.39 is 127 Å². The van der Waals surface area contributed by atoms with Gasteiger partial charge in [-0.05, 0) is 81.8 Å². The van der Waals surface area contributed by atoms with Crippen LogP contribution in [-0.2, 0) is 120 Å². The molecule has 1 N–H and O–H groups in total. The number of esters is 3. The van der Waals surface area contributed by atoms with Crippen molar-refractivity contribution in [1.29, 1.82) is 0 Å². The highest BCUT2D eigenvalue weighted by Gasteiger charge is 2.58. The zero-order valence-electron chi connectivity index (χ0n) is 52.6. The number of carbonyl (C=O) groups excluding carboxylic acids is 3. The summed E-state index contributed by atoms with van der Waals surface area (Å²) in [5, 5.41) is 12.2. The van der Waals surface area contributed by atoms with Crippen LogP contribution in [0.3, 0.4) is 0 Å². The molecule has 0 aliphatic carbocycles. The topological polar surface area (TPSA) is 201 Å². The molecule has 0 saturated carbocycles. The Morgan fingerprint density at radius 3 is 1.11 bits per heavy atom. The number of carbonyl (C=O) groups is 3. The minimum atomic E-state index is -1.60. The number of aliphatic hydroxyl groups excluding tert-OH is 1. The summed E-state index contributed by atoms with van der Waals surface area (Å²) in [5.74, 6) is -2.77. The number of benzene rings is 6. The van der Waals surface area contributed by atoms with E-state index in [1.165, 1.54) is 0 Å². The molecule has 0 spiro atoms. The van der Waals surface area contributed by atoms with Gasteiger partial charge in [0, 0.05) is 0 Å². The van der Waals surface area contributed by atoms with Crippen molar-refractivity contribution in [2.45, 2.75) is 180 Å². The van der Waals surface area contributed by atoms with E-state index in [2.05, 4.69) is 0 Å². The molecule has 0 bridgehead atoms. The van der Waals surface area contributed by atoms with E-state index in [0.29, 0.717) is 0 Å². The lowest BCUT2D eigenvalue weighted by Gasteiger charge is -2.51. The second-order valence-electron chi connectivity index (χ2n) is 24.9. The molecule has 0 unspecified atom stereocenters. The molecule has 18 nitrogen and oxygen atoms in total. The maximum atomic E-state index is 14.3. The van der Waals surface area contributed by atoms with Gasteiger partial charge in [-0.3, -0.25) is 14.4 Å². The highest BCUT2D eigenvalue weighted by molar-refractivity contribution is 6.26. The van der Waals surface area contributed by atoms with Crippen LogP contribution in [0, 0.1) is 10.8 Å². The third-order valence-corrected chi connectivity index (χ3v) is 15.7. The highest BCUT2D eigenvalue weighted by atomic mass is 35.5. The SMILES string of the molecule is C[C@H]1O[C@@H](O[C@H]2[C@H](OCc3ccccc3)[C@@H](OCc3ccccc3)[C@H](O[C@H]3[C@H](OCc4ccccc4)[C@@H](OCc4ccccc4)[C@H](O)O[C@@H]3COCc3ccccc3)O[C@@H]2COCc2ccccc2)[C@H](OC(=O)C(C)(C)C)[C@@H](OC(=O)C(C)(C)C)[C@H]1OC(=O)CCl. The standard InChI is InChI=1S/C72H85ClO18/c1-47-57(87-56(74)38-73)62(90-69(76)71(2,3)4)65(91-70(77)72(5,6)7)68(84-47)89-59-55(46-79-40-49-28-16-9-17-29-49)86-67(64(83-44-53-36-24-13-25-37-53)61(59)81-42-51-32-20-11-21-33-51)88-58-54(45-78-39-48-26-14-8-15-27-48)85-66(75)63(82-43-52-34-22-12-23-35-52)60(58)80-41-50-30-18-10-19-31-50/h8-37,47,54-55,57-68,75H,38-46H2,1-7H3/t47-,54-,55-,57+,58-,59-,60+,61+,62+,63-,64-,65-,66-,67+,68+/m1/s1. The Bertz CT molecular complexity index is 3120. The summed E-state index contributed by atoms with van der Waals surface area (Å²) < 4.78 is 95.1. The van der Waals surface area contributed by atoms with Crippen molar-refractivity contribution in [3.05, 3.63) is 215 Å². The average molecular weight is 1270 g/mol. The van der Waals surface area contributed by atoms with Crippen LogP contribution < -0.4 is 0 Å². The predicted octanol–water partition coefficient (Wildman–Crippen LogP) is 10.8. The van der Waals surface area contributed by atoms with E-state index in [-0.39, 0.29) is 52.9 Å². The smallest absolute Gasteiger partial charge is 0.321 e. The molecule has 6 aromatic rings. The van der Waals surface area contributed by atoms with E-state index in [4.69, 9.17) is 77.9 Å². The average Bonchev–Trinajstić information content (AvgIpc) is 0.814. The molecule has 0 radical (unpaired) electrons. The van der Waals surface area contributed by atoms with E-state index >= 15 is 0 Å². The summed E-state index contributed by atoms with van der Waals surface area (Å²) in [6.07, 6.45) is -19.4. The lowest BCUT2D eigenvalue weighted by Crippen LogP contribution is -2.68. The van der Waals surface area contributed by atoms with Crippen LogP contribution in [0.15, 0.2) is 182 Å². The zero-order chi connectivity index (χ0) is 64.3. The van der Waals surface area contributed by atoms with Crippen LogP contribution in [0.4, 0.5) is 0 Å². The second-order valence-corrected chi connectivity index (χ2v) is 25.2. The fraction of sp³-hybridized carbons (Fsp3) is 0.458. The number of halogens is 1. The minimum absolute atomic E-state index is 0.000405. The van der Waals surface area contributed by atoms with Crippen LogP contribution in [0.1, 0.15) is 81.8 Å². The van der Waals surface area contributed by atoms with Crippen molar-refractivity contribution in [1.82, 2.24) is 0 Å². The van der Waals surface area contributed by atoms with Gasteiger partial charge >= 0.3 is 17.9 Å². The number of aliphatic hydroxyl groups is 1. The maximum absolute atomic E-state index is 14.3. The first-order valence-corrected chi connectivity index (χ1v) is 31.4. The maximum Gasteiger partial charge on any atom is 0.321 e. The second kappa shape index (κ2) is 33.4. The molecule has 19 heteroatoms. The van der Waals surface area contributed by atoms with E-state index in [0.717, 1.165) is 33.4 Å². The van der Waals surface area contributed by atoms with Gasteiger partial charge in [0.1, 0.15) is 54.7 Å². The number of ether oxygens (including phenoxy) is 14. The van der Waals surface area contributed by atoms with Crippen LogP contribution in [0.5, 0.6) is 0 Å². The quantitative estimate of drug-likeness (QED) is 0.0276. The van der Waals surface area contributed by atoms with Crippen molar-refractivity contribution in [2.24, 2.45) is 10.8 Å². The Morgan fingerprint density at radius 1 is 0.396 bits per heavy atom. The number of alkyl halides is 1. The van der Waals surface area contributed by atoms with Gasteiger partial charge in [0.25, 0.3) is 0 Å². The van der Waals surface area contributed by atoms with Gasteiger partial charge in [-0.1, -0.05) is 182 Å². The first-order valence-electron chi connectivity index (χ1n) is 30.9. The highest BCUT2D eigenvalue weighted by Crippen LogP contribution is 2.40. The van der Waals surface area contributed by atoms with Gasteiger partial charge in [0.15, 0.2) is 37.2 Å². The molecular weight excluding hydrogens is 1190 g/mol. The molecule has 91 heavy (non-hydrogen) atoms. The van der Waals surface area contributed by atoms with E-state index in [1.54, 1.807) is 48.5 Å². The van der Waals surface area contributed by atoms with Gasteiger partial charge in [-0.2, -0.15) is 0 Å². The molecule has 3 aliphatic rings. The summed E-state index contributed by atoms with van der Waals surface area (Å²) in [7, 11) is 0. The van der Waals surface area contributed by atoms with Crippen LogP contribution in [0.2, 0.25) is 0 Å². The number of hydrogen-bond acceptors (Lipinski definition) is 18. The van der Waals surface area contributed by atoms with Gasteiger partial charge < -0.3 is 71.4 Å². The fourth-order valence-electron chi connectivity index (χ4n) is 10.6. The first-order chi connectivity index (χ1) is 43.9. The van der Waals surface area contributed by atoms with Gasteiger partial charge in [0.2, 0.25) is 0 Å². The molecule has 0 amide bonds. The summed E-state index contributed by atoms with van der Waals surface area (Å²) in [6.45, 7) is 11.9. The predicted molar refractivity (Wildman–Crippen MR) is 335 cm³/mol. The van der Waals surface area contributed by atoms with Crippen molar-refractivity contribution in [2.75, 3.05) is 19.1 Å². The van der Waals surface area contributed by atoms with Crippen LogP contribution in [-0.4, -0.2) is 134 Å². The van der Waals surface area contributed by atoms with Crippen LogP contribution in [0.25, 0.3) is 0 Å². The number of rotatable bonds is 28. The van der Waals surface area contributed by atoms with Crippen molar-refractivity contribution < 1.29 is 85.8 Å². The van der Waals surface area contributed by atoms with Crippen molar-refractivity contribution >= 4 is 29.5 Å². The number of hydrogen-bond donors (Lipinski definition) is 1. The largest absolute Gasteiger partial charge is 0.455 e. The zero-order valence-corrected chi connectivity index (χ0v) is 53.4. The Morgan fingerprint density at radius 2 is 0.725 bits per heavy atom.